The first-order chi connectivity index (χ1) is 13.7. The number of para-hydroxylation sites is 1. The van der Waals surface area contributed by atoms with E-state index in [4.69, 9.17) is 4.74 Å². The van der Waals surface area contributed by atoms with Crippen LogP contribution in [0.1, 0.15) is 49.2 Å². The average Bonchev–Trinajstić information content (AvgIpc) is 2.70. The lowest BCUT2D eigenvalue weighted by Gasteiger charge is -2.19. The van der Waals surface area contributed by atoms with E-state index < -0.39 is 18.5 Å². The van der Waals surface area contributed by atoms with Crippen LogP contribution in [-0.2, 0) is 26.2 Å². The van der Waals surface area contributed by atoms with Crippen LogP contribution in [0.5, 0.6) is 0 Å². The predicted molar refractivity (Wildman–Crippen MR) is 113 cm³/mol. The summed E-state index contributed by atoms with van der Waals surface area (Å²) in [5.74, 6) is -1.48. The molecule has 0 radical (unpaired) electrons. The summed E-state index contributed by atoms with van der Waals surface area (Å²) in [6.45, 7) is 7.55. The van der Waals surface area contributed by atoms with Gasteiger partial charge in [-0.05, 0) is 41.2 Å². The minimum Gasteiger partial charge on any atom is -0.454 e. The number of carbonyl (C=O) groups is 3. The molecule has 6 nitrogen and oxygen atoms in total. The molecule has 0 heterocycles. The highest BCUT2D eigenvalue weighted by Crippen LogP contribution is 2.22. The summed E-state index contributed by atoms with van der Waals surface area (Å²) in [7, 11) is 0. The first-order valence-electron chi connectivity index (χ1n) is 9.63. The summed E-state index contributed by atoms with van der Waals surface area (Å²) in [6, 6.07) is 14.7. The highest BCUT2D eigenvalue weighted by Gasteiger charge is 2.15. The van der Waals surface area contributed by atoms with Crippen molar-refractivity contribution in [2.75, 3.05) is 18.5 Å². The number of esters is 1. The first kappa shape index (κ1) is 22.1. The fourth-order valence-corrected chi connectivity index (χ4v) is 2.71. The Balaban J connectivity index is 1.78. The van der Waals surface area contributed by atoms with Gasteiger partial charge in [-0.2, -0.15) is 0 Å². The minimum atomic E-state index is -0.677. The zero-order chi connectivity index (χ0) is 21.4. The Labute approximate surface area is 171 Å². The molecule has 0 aliphatic heterocycles. The van der Waals surface area contributed by atoms with Gasteiger partial charge in [-0.25, -0.2) is 0 Å². The van der Waals surface area contributed by atoms with Gasteiger partial charge in [0.2, 0.25) is 0 Å². The molecule has 2 rings (SSSR count). The van der Waals surface area contributed by atoms with Crippen molar-refractivity contribution in [2.24, 2.45) is 0 Å². The van der Waals surface area contributed by atoms with Crippen LogP contribution < -0.4 is 10.6 Å². The van der Waals surface area contributed by atoms with Gasteiger partial charge in [-0.3, -0.25) is 14.4 Å². The average molecular weight is 396 g/mol. The maximum Gasteiger partial charge on any atom is 0.325 e. The largest absolute Gasteiger partial charge is 0.454 e. The first-order valence-corrected chi connectivity index (χ1v) is 9.63. The van der Waals surface area contributed by atoms with Gasteiger partial charge in [0.1, 0.15) is 6.54 Å². The molecule has 0 unspecified atom stereocenters. The van der Waals surface area contributed by atoms with E-state index in [1.807, 2.05) is 37.3 Å². The topological polar surface area (TPSA) is 84.5 Å². The van der Waals surface area contributed by atoms with E-state index in [1.54, 1.807) is 18.2 Å². The zero-order valence-corrected chi connectivity index (χ0v) is 17.4. The smallest absolute Gasteiger partial charge is 0.325 e. The van der Waals surface area contributed by atoms with Crippen LogP contribution in [0.25, 0.3) is 0 Å². The molecular formula is C23H28N2O4. The number of hydrogen-bond acceptors (Lipinski definition) is 4. The second-order valence-corrected chi connectivity index (χ2v) is 7.73. The normalized spacial score (nSPS) is 10.9. The molecule has 0 saturated heterocycles. The molecule has 0 fully saturated rings. The van der Waals surface area contributed by atoms with Crippen molar-refractivity contribution in [1.29, 1.82) is 0 Å². The van der Waals surface area contributed by atoms with Crippen molar-refractivity contribution in [3.63, 3.8) is 0 Å². The summed E-state index contributed by atoms with van der Waals surface area (Å²) in [5.41, 5.74) is 3.26. The Hall–Kier alpha value is -3.15. The third-order valence-corrected chi connectivity index (χ3v) is 4.44. The molecule has 2 aromatic carbocycles. The van der Waals surface area contributed by atoms with E-state index in [9.17, 15) is 14.4 Å². The molecule has 2 N–H and O–H groups in total. The summed E-state index contributed by atoms with van der Waals surface area (Å²) >= 11 is 0. The quantitative estimate of drug-likeness (QED) is 0.702. The molecule has 6 heteroatoms. The van der Waals surface area contributed by atoms with Crippen molar-refractivity contribution in [2.45, 2.75) is 39.5 Å². The standard InChI is InChI=1S/C23H28N2O4/c1-5-16-8-6-7-9-19(16)25-20(26)15-29-21(27)14-24-22(28)17-10-12-18(13-11-17)23(2,3)4/h6-13H,5,14-15H2,1-4H3,(H,24,28)(H,25,26). The Morgan fingerprint density at radius 2 is 1.62 bits per heavy atom. The lowest BCUT2D eigenvalue weighted by molar-refractivity contribution is -0.146. The van der Waals surface area contributed by atoms with Crippen LogP contribution in [-0.4, -0.2) is 30.9 Å². The van der Waals surface area contributed by atoms with Gasteiger partial charge in [0.15, 0.2) is 6.61 Å². The highest BCUT2D eigenvalue weighted by molar-refractivity contribution is 5.96. The van der Waals surface area contributed by atoms with Crippen LogP contribution >= 0.6 is 0 Å². The number of carbonyl (C=O) groups excluding carboxylic acids is 3. The van der Waals surface area contributed by atoms with Crippen LogP contribution in [0.2, 0.25) is 0 Å². The van der Waals surface area contributed by atoms with Gasteiger partial charge in [0.25, 0.3) is 11.8 Å². The monoisotopic (exact) mass is 396 g/mol. The number of hydrogen-bond donors (Lipinski definition) is 2. The SMILES string of the molecule is CCc1ccccc1NC(=O)COC(=O)CNC(=O)c1ccc(C(C)(C)C)cc1. The van der Waals surface area contributed by atoms with Crippen molar-refractivity contribution in [3.8, 4) is 0 Å². The Morgan fingerprint density at radius 3 is 2.24 bits per heavy atom. The van der Waals surface area contributed by atoms with E-state index in [-0.39, 0.29) is 17.9 Å². The molecule has 2 aromatic rings. The second kappa shape index (κ2) is 9.87. The maximum atomic E-state index is 12.2. The molecule has 0 spiro atoms. The van der Waals surface area contributed by atoms with Gasteiger partial charge in [-0.15, -0.1) is 0 Å². The molecule has 0 aliphatic rings. The fraction of sp³-hybridized carbons (Fsp3) is 0.348. The van der Waals surface area contributed by atoms with E-state index >= 15 is 0 Å². The van der Waals surface area contributed by atoms with Crippen LogP contribution in [0.15, 0.2) is 48.5 Å². The van der Waals surface area contributed by atoms with Crippen LogP contribution in [0.4, 0.5) is 5.69 Å². The van der Waals surface area contributed by atoms with Crippen molar-refractivity contribution in [3.05, 3.63) is 65.2 Å². The number of rotatable bonds is 7. The molecule has 0 aliphatic carbocycles. The lowest BCUT2D eigenvalue weighted by atomic mass is 9.87. The van der Waals surface area contributed by atoms with Gasteiger partial charge in [0.05, 0.1) is 0 Å². The molecule has 0 atom stereocenters. The molecule has 154 valence electrons. The Bertz CT molecular complexity index is 867. The molecule has 0 saturated carbocycles. The van der Waals surface area contributed by atoms with Crippen molar-refractivity contribution >= 4 is 23.5 Å². The Kier molecular flexibility index (Phi) is 7.53. The summed E-state index contributed by atoms with van der Waals surface area (Å²) in [4.78, 5) is 36.0. The fourth-order valence-electron chi connectivity index (χ4n) is 2.71. The summed E-state index contributed by atoms with van der Waals surface area (Å²) in [5, 5.41) is 5.22. The number of nitrogens with one attached hydrogen (secondary N) is 2. The van der Waals surface area contributed by atoms with Gasteiger partial charge >= 0.3 is 5.97 Å². The van der Waals surface area contributed by atoms with Crippen molar-refractivity contribution < 1.29 is 19.1 Å². The number of aryl methyl sites for hydroxylation is 1. The number of ether oxygens (including phenoxy) is 1. The van der Waals surface area contributed by atoms with Gasteiger partial charge in [0, 0.05) is 11.3 Å². The van der Waals surface area contributed by atoms with E-state index in [0.717, 1.165) is 17.5 Å². The molecule has 2 amide bonds. The number of anilines is 1. The predicted octanol–water partition coefficient (Wildman–Crippen LogP) is 3.46. The summed E-state index contributed by atoms with van der Waals surface area (Å²) in [6.07, 6.45) is 0.777. The maximum absolute atomic E-state index is 12.2. The Morgan fingerprint density at radius 1 is 0.966 bits per heavy atom. The summed E-state index contributed by atoms with van der Waals surface area (Å²) < 4.78 is 4.93. The molecular weight excluding hydrogens is 368 g/mol. The second-order valence-electron chi connectivity index (χ2n) is 7.73. The third kappa shape index (κ3) is 6.75. The third-order valence-electron chi connectivity index (χ3n) is 4.44. The molecule has 0 aromatic heterocycles. The highest BCUT2D eigenvalue weighted by atomic mass is 16.5. The van der Waals surface area contributed by atoms with E-state index in [2.05, 4.69) is 31.4 Å². The van der Waals surface area contributed by atoms with Gasteiger partial charge < -0.3 is 15.4 Å². The molecule has 0 bridgehead atoms. The van der Waals surface area contributed by atoms with E-state index in [1.165, 1.54) is 0 Å². The van der Waals surface area contributed by atoms with E-state index in [0.29, 0.717) is 11.3 Å². The zero-order valence-electron chi connectivity index (χ0n) is 17.4. The minimum absolute atomic E-state index is 0.00295. The number of amides is 2. The van der Waals surface area contributed by atoms with Crippen LogP contribution in [0, 0.1) is 0 Å². The number of benzene rings is 2. The lowest BCUT2D eigenvalue weighted by Crippen LogP contribution is -2.32. The van der Waals surface area contributed by atoms with Crippen LogP contribution in [0.3, 0.4) is 0 Å². The molecule has 29 heavy (non-hydrogen) atoms. The van der Waals surface area contributed by atoms with Crippen molar-refractivity contribution in [1.82, 2.24) is 5.32 Å². The van der Waals surface area contributed by atoms with Gasteiger partial charge in [-0.1, -0.05) is 58.0 Å².